The molecule has 0 atom stereocenters. The van der Waals surface area contributed by atoms with Gasteiger partial charge in [-0.3, -0.25) is 0 Å². The van der Waals surface area contributed by atoms with E-state index in [2.05, 4.69) is 22.1 Å². The van der Waals surface area contributed by atoms with Crippen molar-refractivity contribution in [3.63, 3.8) is 0 Å². The summed E-state index contributed by atoms with van der Waals surface area (Å²) in [5.41, 5.74) is 9.22. The van der Waals surface area contributed by atoms with Crippen LogP contribution in [0.1, 0.15) is 30.7 Å². The van der Waals surface area contributed by atoms with E-state index in [1.165, 1.54) is 5.56 Å². The Morgan fingerprint density at radius 3 is 2.95 bits per heavy atom. The van der Waals surface area contributed by atoms with E-state index >= 15 is 0 Å². The summed E-state index contributed by atoms with van der Waals surface area (Å²) in [6.07, 6.45) is 5.92. The van der Waals surface area contributed by atoms with Gasteiger partial charge in [-0.1, -0.05) is 0 Å². The Morgan fingerprint density at radius 2 is 2.10 bits per heavy atom. The summed E-state index contributed by atoms with van der Waals surface area (Å²) >= 11 is 0. The van der Waals surface area contributed by atoms with Crippen LogP contribution in [-0.2, 0) is 12.0 Å². The lowest BCUT2D eigenvalue weighted by atomic mass is 10.0. The lowest BCUT2D eigenvalue weighted by molar-refractivity contribution is 0.288. The fourth-order valence-corrected chi connectivity index (χ4v) is 2.64. The number of aromatic nitrogens is 2. The average molecular weight is 267 g/mol. The van der Waals surface area contributed by atoms with Gasteiger partial charge >= 0.3 is 0 Å². The third-order valence-electron chi connectivity index (χ3n) is 4.09. The summed E-state index contributed by atoms with van der Waals surface area (Å²) in [4.78, 5) is 8.97. The van der Waals surface area contributed by atoms with Gasteiger partial charge in [0.15, 0.2) is 0 Å². The van der Waals surface area contributed by atoms with Gasteiger partial charge in [-0.2, -0.15) is 0 Å². The molecule has 1 fully saturated rings. The van der Waals surface area contributed by atoms with Gasteiger partial charge in [0, 0.05) is 11.8 Å². The molecule has 4 heteroatoms. The normalized spacial score (nSPS) is 19.1. The Morgan fingerprint density at radius 1 is 1.20 bits per heavy atom. The molecule has 0 saturated heterocycles. The number of benzene rings is 1. The fourth-order valence-electron chi connectivity index (χ4n) is 2.64. The average Bonchev–Trinajstić information content (AvgIpc) is 3.26. The second kappa shape index (κ2) is 4.28. The second-order valence-corrected chi connectivity index (χ2v) is 5.70. The molecular formula is C16H17N3O. The van der Waals surface area contributed by atoms with Crippen LogP contribution < -0.4 is 10.5 Å². The van der Waals surface area contributed by atoms with Gasteiger partial charge in [0.25, 0.3) is 0 Å². The summed E-state index contributed by atoms with van der Waals surface area (Å²) in [6.45, 7) is 0.819. The molecule has 0 spiro atoms. The number of rotatable bonds is 2. The first-order valence-electron chi connectivity index (χ1n) is 7.13. The first-order chi connectivity index (χ1) is 9.74. The minimum Gasteiger partial charge on any atom is -0.493 e. The van der Waals surface area contributed by atoms with Crippen LogP contribution in [0.2, 0.25) is 0 Å². The van der Waals surface area contributed by atoms with Crippen LogP contribution in [0.15, 0.2) is 30.5 Å². The van der Waals surface area contributed by atoms with E-state index in [1.54, 1.807) is 6.20 Å². The molecule has 0 unspecified atom stereocenters. The number of hydrogen-bond donors (Lipinski definition) is 1. The highest BCUT2D eigenvalue weighted by atomic mass is 16.5. The number of nitrogens with two attached hydrogens (primary N) is 1. The summed E-state index contributed by atoms with van der Waals surface area (Å²) < 4.78 is 5.65. The van der Waals surface area contributed by atoms with Gasteiger partial charge in [-0.15, -0.1) is 0 Å². The van der Waals surface area contributed by atoms with Crippen molar-refractivity contribution in [1.29, 1.82) is 0 Å². The Labute approximate surface area is 118 Å². The minimum atomic E-state index is -0.284. The van der Waals surface area contributed by atoms with Crippen molar-refractivity contribution in [3.05, 3.63) is 41.9 Å². The molecule has 0 amide bonds. The molecule has 2 N–H and O–H groups in total. The van der Waals surface area contributed by atoms with Crippen LogP contribution >= 0.6 is 0 Å². The van der Waals surface area contributed by atoms with Crippen molar-refractivity contribution >= 4 is 0 Å². The molecule has 1 aromatic heterocycles. The molecule has 0 radical (unpaired) electrons. The summed E-state index contributed by atoms with van der Waals surface area (Å²) in [6, 6.07) is 8.23. The Kier molecular flexibility index (Phi) is 2.54. The highest BCUT2D eigenvalue weighted by molar-refractivity contribution is 5.62. The van der Waals surface area contributed by atoms with E-state index in [9.17, 15) is 0 Å². The lowest BCUT2D eigenvalue weighted by Gasteiger charge is -2.18. The predicted molar refractivity (Wildman–Crippen MR) is 76.4 cm³/mol. The molecule has 4 rings (SSSR count). The fraction of sp³-hybridized carbons (Fsp3) is 0.375. The first kappa shape index (κ1) is 11.9. The largest absolute Gasteiger partial charge is 0.493 e. The number of fused-ring (bicyclic) bond motifs is 1. The van der Waals surface area contributed by atoms with E-state index in [0.29, 0.717) is 0 Å². The van der Waals surface area contributed by atoms with Crippen LogP contribution in [-0.4, -0.2) is 16.6 Å². The van der Waals surface area contributed by atoms with Crippen molar-refractivity contribution in [3.8, 4) is 17.0 Å². The monoisotopic (exact) mass is 267 g/mol. The number of ether oxygens (including phenoxy) is 1. The highest BCUT2D eigenvalue weighted by Crippen LogP contribution is 2.41. The minimum absolute atomic E-state index is 0.284. The summed E-state index contributed by atoms with van der Waals surface area (Å²) in [5, 5.41) is 0. The van der Waals surface area contributed by atoms with Gasteiger partial charge in [-0.25, -0.2) is 9.97 Å². The van der Waals surface area contributed by atoms with E-state index in [4.69, 9.17) is 10.5 Å². The highest BCUT2D eigenvalue weighted by Gasteiger charge is 2.43. The van der Waals surface area contributed by atoms with E-state index < -0.39 is 0 Å². The van der Waals surface area contributed by atoms with Crippen LogP contribution in [0.5, 0.6) is 5.75 Å². The second-order valence-electron chi connectivity index (χ2n) is 5.70. The molecule has 2 aromatic rings. The number of nitrogens with zero attached hydrogens (tertiary/aromatic N) is 2. The predicted octanol–water partition coefficient (Wildman–Crippen LogP) is 2.42. The molecule has 1 aliphatic heterocycles. The Bertz CT molecular complexity index is 665. The van der Waals surface area contributed by atoms with Crippen molar-refractivity contribution in [1.82, 2.24) is 9.97 Å². The van der Waals surface area contributed by atoms with E-state index in [1.807, 2.05) is 12.1 Å². The van der Waals surface area contributed by atoms with Crippen molar-refractivity contribution in [2.45, 2.75) is 31.2 Å². The molecule has 102 valence electrons. The maximum absolute atomic E-state index is 6.18. The molecule has 1 aliphatic carbocycles. The molecule has 4 nitrogen and oxygen atoms in total. The quantitative estimate of drug-likeness (QED) is 0.907. The number of hydrogen-bond acceptors (Lipinski definition) is 4. The molecule has 1 aromatic carbocycles. The van der Waals surface area contributed by atoms with Gasteiger partial charge in [0.2, 0.25) is 0 Å². The molecule has 2 aliphatic rings. The third kappa shape index (κ3) is 1.96. The zero-order chi connectivity index (χ0) is 13.6. The van der Waals surface area contributed by atoms with Gasteiger partial charge in [0.05, 0.1) is 17.8 Å². The number of aryl methyl sites for hydroxylation is 1. The van der Waals surface area contributed by atoms with E-state index in [-0.39, 0.29) is 5.54 Å². The van der Waals surface area contributed by atoms with Crippen LogP contribution in [0.3, 0.4) is 0 Å². The summed E-state index contributed by atoms with van der Waals surface area (Å²) in [5.74, 6) is 1.77. The Balaban J connectivity index is 1.73. The molecule has 0 bridgehead atoms. The summed E-state index contributed by atoms with van der Waals surface area (Å²) in [7, 11) is 0. The maximum Gasteiger partial charge on any atom is 0.148 e. The van der Waals surface area contributed by atoms with Gasteiger partial charge in [-0.05, 0) is 55.5 Å². The smallest absolute Gasteiger partial charge is 0.148 e. The first-order valence-corrected chi connectivity index (χ1v) is 7.13. The zero-order valence-corrected chi connectivity index (χ0v) is 11.3. The van der Waals surface area contributed by atoms with Gasteiger partial charge in [0.1, 0.15) is 11.6 Å². The maximum atomic E-state index is 6.18. The van der Waals surface area contributed by atoms with E-state index in [0.717, 1.165) is 55.1 Å². The molecule has 2 heterocycles. The van der Waals surface area contributed by atoms with Crippen molar-refractivity contribution in [2.24, 2.45) is 5.73 Å². The molecule has 1 saturated carbocycles. The SMILES string of the molecule is NC1(c2nccc(-c3ccc4c(c3)CCCO4)n2)CC1. The molecular weight excluding hydrogens is 250 g/mol. The van der Waals surface area contributed by atoms with Crippen LogP contribution in [0.4, 0.5) is 0 Å². The molecule has 20 heavy (non-hydrogen) atoms. The van der Waals surface area contributed by atoms with Crippen LogP contribution in [0.25, 0.3) is 11.3 Å². The third-order valence-corrected chi connectivity index (χ3v) is 4.09. The van der Waals surface area contributed by atoms with Crippen LogP contribution in [0, 0.1) is 0 Å². The lowest BCUT2D eigenvalue weighted by Crippen LogP contribution is -2.22. The Hall–Kier alpha value is -1.94. The van der Waals surface area contributed by atoms with Crippen molar-refractivity contribution in [2.75, 3.05) is 6.61 Å². The van der Waals surface area contributed by atoms with Gasteiger partial charge < -0.3 is 10.5 Å². The van der Waals surface area contributed by atoms with Crippen molar-refractivity contribution < 1.29 is 4.74 Å². The zero-order valence-electron chi connectivity index (χ0n) is 11.3. The topological polar surface area (TPSA) is 61.0 Å². The standard InChI is InChI=1S/C16H17N3O/c17-16(6-7-16)15-18-8-5-13(19-15)11-3-4-14-12(10-11)2-1-9-20-14/h3-5,8,10H,1-2,6-7,9,17H2.